The minimum atomic E-state index is -1.28. The highest BCUT2D eigenvalue weighted by Gasteiger charge is 2.31. The van der Waals surface area contributed by atoms with Gasteiger partial charge in [-0.25, -0.2) is 0 Å². The molecule has 0 spiro atoms. The number of nitrogens with one attached hydrogen (secondary N) is 1. The van der Waals surface area contributed by atoms with Crippen molar-refractivity contribution >= 4 is 17.8 Å². The van der Waals surface area contributed by atoms with Crippen LogP contribution in [0.1, 0.15) is 22.3 Å². The largest absolute Gasteiger partial charge is 0.550 e. The lowest BCUT2D eigenvalue weighted by Gasteiger charge is -2.18. The van der Waals surface area contributed by atoms with Gasteiger partial charge in [0.1, 0.15) is 0 Å². The molecule has 1 aromatic carbocycles. The molecule has 0 aliphatic carbocycles. The molecule has 100 valence electrons. The average Bonchev–Trinajstić information content (AvgIpc) is 2.71. The average molecular weight is 261 g/mol. The Bertz CT molecular complexity index is 541. The Hall–Kier alpha value is -2.37. The quantitative estimate of drug-likeness (QED) is 0.774. The third kappa shape index (κ3) is 2.90. The SMILES string of the molecule is Cc1cccc(C(=O)NN2C[C@H](C(=O)[O-])CC2=O)c1. The van der Waals surface area contributed by atoms with Crippen molar-refractivity contribution < 1.29 is 19.5 Å². The molecule has 6 heteroatoms. The highest BCUT2D eigenvalue weighted by atomic mass is 16.4. The minimum Gasteiger partial charge on any atom is -0.550 e. The Kier molecular flexibility index (Phi) is 3.50. The molecule has 0 radical (unpaired) electrons. The van der Waals surface area contributed by atoms with Crippen LogP contribution in [0, 0.1) is 12.8 Å². The molecule has 2 rings (SSSR count). The van der Waals surface area contributed by atoms with Crippen LogP contribution in [0.4, 0.5) is 0 Å². The van der Waals surface area contributed by atoms with Crippen LogP contribution in [-0.4, -0.2) is 29.3 Å². The van der Waals surface area contributed by atoms with E-state index in [2.05, 4.69) is 5.43 Å². The van der Waals surface area contributed by atoms with Gasteiger partial charge in [-0.05, 0) is 19.1 Å². The molecule has 1 heterocycles. The van der Waals surface area contributed by atoms with E-state index in [0.29, 0.717) is 5.56 Å². The van der Waals surface area contributed by atoms with Gasteiger partial charge < -0.3 is 9.90 Å². The van der Waals surface area contributed by atoms with Gasteiger partial charge >= 0.3 is 0 Å². The maximum absolute atomic E-state index is 11.9. The Balaban J connectivity index is 2.04. The molecule has 1 aliphatic heterocycles. The van der Waals surface area contributed by atoms with Gasteiger partial charge in [0.2, 0.25) is 5.91 Å². The van der Waals surface area contributed by atoms with E-state index < -0.39 is 23.7 Å². The molecule has 1 aliphatic rings. The van der Waals surface area contributed by atoms with E-state index in [4.69, 9.17) is 0 Å². The van der Waals surface area contributed by atoms with E-state index in [0.717, 1.165) is 10.6 Å². The number of hydrogen-bond acceptors (Lipinski definition) is 4. The van der Waals surface area contributed by atoms with Gasteiger partial charge in [0.15, 0.2) is 0 Å². The number of nitrogens with zero attached hydrogens (tertiary/aromatic N) is 1. The maximum atomic E-state index is 11.9. The Labute approximate surface area is 110 Å². The third-order valence-corrected chi connectivity index (χ3v) is 2.98. The number of aliphatic carboxylic acids is 1. The van der Waals surface area contributed by atoms with Crippen LogP contribution in [0.5, 0.6) is 0 Å². The van der Waals surface area contributed by atoms with Crippen LogP contribution in [0.25, 0.3) is 0 Å². The summed E-state index contributed by atoms with van der Waals surface area (Å²) in [4.78, 5) is 34.1. The fraction of sp³-hybridized carbons (Fsp3) is 0.308. The standard InChI is InChI=1S/C13H14N2O4/c1-8-3-2-4-9(5-8)12(17)14-15-7-10(13(18)19)6-11(15)16/h2-5,10H,6-7H2,1H3,(H,14,17)(H,18,19)/p-1/t10-/m1/s1. The number of aryl methyl sites for hydroxylation is 1. The second-order valence-corrected chi connectivity index (χ2v) is 4.53. The fourth-order valence-electron chi connectivity index (χ4n) is 1.95. The van der Waals surface area contributed by atoms with Crippen LogP contribution in [0.3, 0.4) is 0 Å². The van der Waals surface area contributed by atoms with Crippen molar-refractivity contribution in [3.8, 4) is 0 Å². The van der Waals surface area contributed by atoms with E-state index in [1.165, 1.54) is 0 Å². The van der Waals surface area contributed by atoms with E-state index in [1.807, 2.05) is 13.0 Å². The molecule has 0 bridgehead atoms. The molecule has 1 N–H and O–H groups in total. The molecule has 1 saturated heterocycles. The molecule has 6 nitrogen and oxygen atoms in total. The molecule has 1 fully saturated rings. The van der Waals surface area contributed by atoms with Crippen LogP contribution in [0.2, 0.25) is 0 Å². The fourth-order valence-corrected chi connectivity index (χ4v) is 1.95. The normalized spacial score (nSPS) is 18.5. The van der Waals surface area contributed by atoms with Crippen molar-refractivity contribution in [2.75, 3.05) is 6.54 Å². The smallest absolute Gasteiger partial charge is 0.269 e. The molecule has 0 aromatic heterocycles. The number of carboxylic acids is 1. The highest BCUT2D eigenvalue weighted by Crippen LogP contribution is 2.15. The number of hydrazine groups is 1. The first-order chi connectivity index (χ1) is 8.97. The highest BCUT2D eigenvalue weighted by molar-refractivity contribution is 5.96. The second-order valence-electron chi connectivity index (χ2n) is 4.53. The van der Waals surface area contributed by atoms with Crippen molar-refractivity contribution in [1.29, 1.82) is 0 Å². The lowest BCUT2D eigenvalue weighted by molar-refractivity contribution is -0.311. The van der Waals surface area contributed by atoms with Crippen molar-refractivity contribution in [3.05, 3.63) is 35.4 Å². The van der Waals surface area contributed by atoms with Gasteiger partial charge in [0, 0.05) is 23.9 Å². The summed E-state index contributed by atoms with van der Waals surface area (Å²) in [7, 11) is 0. The van der Waals surface area contributed by atoms with E-state index in [-0.39, 0.29) is 13.0 Å². The van der Waals surface area contributed by atoms with Crippen molar-refractivity contribution in [2.24, 2.45) is 5.92 Å². The summed E-state index contributed by atoms with van der Waals surface area (Å²) in [6.07, 6.45) is -0.142. The van der Waals surface area contributed by atoms with E-state index in [1.54, 1.807) is 18.2 Å². The zero-order valence-electron chi connectivity index (χ0n) is 10.4. The Morgan fingerprint density at radius 3 is 2.74 bits per heavy atom. The summed E-state index contributed by atoms with van der Waals surface area (Å²) >= 11 is 0. The van der Waals surface area contributed by atoms with Gasteiger partial charge in [0.05, 0.1) is 6.54 Å². The molecular formula is C13H13N2O4-. The van der Waals surface area contributed by atoms with Gasteiger partial charge in [-0.1, -0.05) is 17.7 Å². The lowest BCUT2D eigenvalue weighted by Crippen LogP contribution is -2.44. The molecule has 0 saturated carbocycles. The monoisotopic (exact) mass is 261 g/mol. The molecule has 2 amide bonds. The molecule has 1 atom stereocenters. The minimum absolute atomic E-state index is 0.0568. The van der Waals surface area contributed by atoms with Crippen LogP contribution >= 0.6 is 0 Å². The topological polar surface area (TPSA) is 89.5 Å². The lowest BCUT2D eigenvalue weighted by atomic mass is 10.1. The predicted octanol–water partition coefficient (Wildman–Crippen LogP) is -0.762. The van der Waals surface area contributed by atoms with Crippen LogP contribution in [0.15, 0.2) is 24.3 Å². The van der Waals surface area contributed by atoms with Crippen LogP contribution in [-0.2, 0) is 9.59 Å². The van der Waals surface area contributed by atoms with Gasteiger partial charge in [0.25, 0.3) is 5.91 Å². The third-order valence-electron chi connectivity index (χ3n) is 2.98. The summed E-state index contributed by atoms with van der Waals surface area (Å²) in [5.74, 6) is -3.00. The molecule has 19 heavy (non-hydrogen) atoms. The molecule has 1 aromatic rings. The summed E-state index contributed by atoms with van der Waals surface area (Å²) in [5.41, 5.74) is 3.76. The van der Waals surface area contributed by atoms with Crippen molar-refractivity contribution in [2.45, 2.75) is 13.3 Å². The number of amides is 2. The van der Waals surface area contributed by atoms with E-state index >= 15 is 0 Å². The predicted molar refractivity (Wildman–Crippen MR) is 63.5 cm³/mol. The number of rotatable bonds is 3. The van der Waals surface area contributed by atoms with Gasteiger partial charge in [-0.2, -0.15) is 0 Å². The zero-order valence-corrected chi connectivity index (χ0v) is 10.4. The van der Waals surface area contributed by atoms with Gasteiger partial charge in [-0.3, -0.25) is 20.0 Å². The number of carboxylic acid groups (broad SMARTS) is 1. The van der Waals surface area contributed by atoms with Crippen molar-refractivity contribution in [3.63, 3.8) is 0 Å². The first kappa shape index (κ1) is 13.1. The number of benzene rings is 1. The Morgan fingerprint density at radius 2 is 2.16 bits per heavy atom. The Morgan fingerprint density at radius 1 is 1.42 bits per heavy atom. The first-order valence-corrected chi connectivity index (χ1v) is 5.86. The zero-order chi connectivity index (χ0) is 14.0. The maximum Gasteiger partial charge on any atom is 0.269 e. The number of carbonyl (C=O) groups excluding carboxylic acids is 3. The summed E-state index contributed by atoms with van der Waals surface area (Å²) in [6, 6.07) is 6.90. The summed E-state index contributed by atoms with van der Waals surface area (Å²) in [6.45, 7) is 1.79. The number of hydrogen-bond donors (Lipinski definition) is 1. The van der Waals surface area contributed by atoms with Crippen LogP contribution < -0.4 is 10.5 Å². The first-order valence-electron chi connectivity index (χ1n) is 5.86. The molecule has 0 unspecified atom stereocenters. The summed E-state index contributed by atoms with van der Waals surface area (Å²) in [5, 5.41) is 11.7. The number of carbonyl (C=O) groups is 3. The van der Waals surface area contributed by atoms with E-state index in [9.17, 15) is 19.5 Å². The second kappa shape index (κ2) is 5.09. The van der Waals surface area contributed by atoms with Crippen molar-refractivity contribution in [1.82, 2.24) is 10.4 Å². The van der Waals surface area contributed by atoms with Gasteiger partial charge in [-0.15, -0.1) is 0 Å². The molecular weight excluding hydrogens is 248 g/mol. The summed E-state index contributed by atoms with van der Waals surface area (Å²) < 4.78 is 0.